The predicted molar refractivity (Wildman–Crippen MR) is 114 cm³/mol. The molecule has 0 N–H and O–H groups in total. The van der Waals surface area contributed by atoms with Crippen molar-refractivity contribution in [1.82, 2.24) is 0 Å². The number of anilines is 1. The lowest BCUT2D eigenvalue weighted by Crippen LogP contribution is -2.55. The van der Waals surface area contributed by atoms with Gasteiger partial charge < -0.3 is 9.64 Å². The second kappa shape index (κ2) is 6.83. The molecule has 142 valence electrons. The highest BCUT2D eigenvalue weighted by atomic mass is 16.6. The molecule has 2 aliphatic rings. The van der Waals surface area contributed by atoms with Crippen LogP contribution in [0, 0.1) is 5.41 Å². The first-order chi connectivity index (χ1) is 13.4. The van der Waals surface area contributed by atoms with Crippen LogP contribution in [0.3, 0.4) is 0 Å². The summed E-state index contributed by atoms with van der Waals surface area (Å²) in [5, 5.41) is 0. The lowest BCUT2D eigenvalue weighted by Gasteiger charge is -2.48. The van der Waals surface area contributed by atoms with Crippen LogP contribution >= 0.6 is 0 Å². The highest BCUT2D eigenvalue weighted by molar-refractivity contribution is 5.93. The van der Waals surface area contributed by atoms with Crippen LogP contribution in [-0.4, -0.2) is 12.0 Å². The van der Waals surface area contributed by atoms with E-state index in [1.165, 1.54) is 0 Å². The summed E-state index contributed by atoms with van der Waals surface area (Å²) in [5.41, 5.74) is 4.81. The Hall–Kier alpha value is -3.07. The number of benzene rings is 2. The molecule has 1 saturated heterocycles. The van der Waals surface area contributed by atoms with Gasteiger partial charge in [0.15, 0.2) is 0 Å². The number of hydrogen-bond acceptors (Lipinski definition) is 3. The molecule has 2 aliphatic heterocycles. The van der Waals surface area contributed by atoms with Crippen molar-refractivity contribution < 1.29 is 9.53 Å². The average Bonchev–Trinajstić information content (AvgIpc) is 2.69. The third-order valence-electron chi connectivity index (χ3n) is 5.45. The van der Waals surface area contributed by atoms with Crippen LogP contribution in [0.2, 0.25) is 0 Å². The third kappa shape index (κ3) is 2.97. The van der Waals surface area contributed by atoms with Crippen molar-refractivity contribution in [2.24, 2.45) is 5.41 Å². The van der Waals surface area contributed by atoms with Gasteiger partial charge in [-0.25, -0.2) is 0 Å². The zero-order chi connectivity index (χ0) is 19.9. The molecule has 1 fully saturated rings. The topological polar surface area (TPSA) is 29.5 Å². The molecule has 0 radical (unpaired) electrons. The first-order valence-corrected chi connectivity index (χ1v) is 9.63. The zero-order valence-corrected chi connectivity index (χ0v) is 16.8. The summed E-state index contributed by atoms with van der Waals surface area (Å²) < 4.78 is 5.77. The Bertz CT molecular complexity index is 1010. The zero-order valence-electron chi connectivity index (χ0n) is 16.8. The Kier molecular flexibility index (Phi) is 4.46. The Morgan fingerprint density at radius 3 is 2.39 bits per heavy atom. The van der Waals surface area contributed by atoms with E-state index >= 15 is 0 Å². The van der Waals surface area contributed by atoms with Gasteiger partial charge in [-0.15, -0.1) is 0 Å². The normalized spacial score (nSPS) is 20.4. The van der Waals surface area contributed by atoms with Crippen molar-refractivity contribution in [3.8, 4) is 0 Å². The number of ether oxygens (including phenoxy) is 1. The summed E-state index contributed by atoms with van der Waals surface area (Å²) in [5.74, 6) is 0.455. The van der Waals surface area contributed by atoms with Gasteiger partial charge in [0.2, 0.25) is 5.88 Å². The summed E-state index contributed by atoms with van der Waals surface area (Å²) in [6, 6.07) is 18.5. The molecule has 28 heavy (non-hydrogen) atoms. The summed E-state index contributed by atoms with van der Waals surface area (Å²) in [6.07, 6.45) is 6.46. The largest absolute Gasteiger partial charge is 0.409 e. The van der Waals surface area contributed by atoms with Gasteiger partial charge in [0.1, 0.15) is 0 Å². The average molecular weight is 371 g/mol. The number of para-hydroxylation sites is 1. The Balaban J connectivity index is 1.87. The number of rotatable bonds is 2. The molecule has 3 heteroatoms. The predicted octanol–water partition coefficient (Wildman–Crippen LogP) is 5.81. The third-order valence-corrected chi connectivity index (χ3v) is 5.45. The van der Waals surface area contributed by atoms with Crippen molar-refractivity contribution in [2.75, 3.05) is 4.90 Å². The fourth-order valence-corrected chi connectivity index (χ4v) is 3.81. The van der Waals surface area contributed by atoms with E-state index in [9.17, 15) is 4.79 Å². The molecule has 1 unspecified atom stereocenters. The lowest BCUT2D eigenvalue weighted by molar-refractivity contribution is -0.153. The van der Waals surface area contributed by atoms with Gasteiger partial charge >= 0.3 is 5.97 Å². The molecule has 4 rings (SSSR count). The van der Waals surface area contributed by atoms with E-state index in [-0.39, 0.29) is 12.0 Å². The SMILES string of the molecule is CC(C)=C1OC(=O)C(C)(C)C2C=C(/C=C/c3ccccc3)c3ccccc3N12. The first kappa shape index (κ1) is 18.3. The van der Waals surface area contributed by atoms with Crippen LogP contribution in [0.25, 0.3) is 11.6 Å². The Morgan fingerprint density at radius 2 is 1.68 bits per heavy atom. The molecule has 2 aromatic carbocycles. The maximum atomic E-state index is 12.8. The molecule has 2 heterocycles. The minimum Gasteiger partial charge on any atom is -0.409 e. The number of carbonyl (C=O) groups excluding carboxylic acids is 1. The van der Waals surface area contributed by atoms with E-state index < -0.39 is 5.41 Å². The monoisotopic (exact) mass is 371 g/mol. The van der Waals surface area contributed by atoms with Crippen LogP contribution in [0.1, 0.15) is 38.8 Å². The van der Waals surface area contributed by atoms with Gasteiger partial charge in [0.25, 0.3) is 0 Å². The van der Waals surface area contributed by atoms with Crippen molar-refractivity contribution in [2.45, 2.75) is 33.7 Å². The van der Waals surface area contributed by atoms with Gasteiger partial charge in [-0.2, -0.15) is 0 Å². The van der Waals surface area contributed by atoms with E-state index in [4.69, 9.17) is 4.74 Å². The van der Waals surface area contributed by atoms with Gasteiger partial charge in [0.05, 0.1) is 17.1 Å². The number of carbonyl (C=O) groups is 1. The van der Waals surface area contributed by atoms with Gasteiger partial charge in [0, 0.05) is 5.56 Å². The van der Waals surface area contributed by atoms with Crippen molar-refractivity contribution >= 4 is 23.3 Å². The van der Waals surface area contributed by atoms with Crippen molar-refractivity contribution in [3.63, 3.8) is 0 Å². The van der Waals surface area contributed by atoms with E-state index in [2.05, 4.69) is 47.4 Å². The van der Waals surface area contributed by atoms with E-state index in [1.54, 1.807) is 0 Å². The molecule has 0 bridgehead atoms. The number of fused-ring (bicyclic) bond motifs is 3. The standard InChI is InChI=1S/C25H25NO2/c1-17(2)23-26-21-13-9-8-12-20(21)19(15-14-18-10-6-5-7-11-18)16-22(26)25(3,4)24(27)28-23/h5-16,22H,1-4H3/b15-14+. The number of cyclic esters (lactones) is 1. The lowest BCUT2D eigenvalue weighted by atomic mass is 9.78. The maximum absolute atomic E-state index is 12.8. The van der Waals surface area contributed by atoms with E-state index in [0.717, 1.165) is 28.0 Å². The van der Waals surface area contributed by atoms with Crippen molar-refractivity contribution in [1.29, 1.82) is 0 Å². The molecule has 2 aromatic rings. The molecule has 0 saturated carbocycles. The van der Waals surface area contributed by atoms with Gasteiger partial charge in [-0.05, 0) is 50.5 Å². The van der Waals surface area contributed by atoms with Crippen LogP contribution < -0.4 is 4.90 Å². The molecule has 3 nitrogen and oxygen atoms in total. The fourth-order valence-electron chi connectivity index (χ4n) is 3.81. The molecule has 0 aromatic heterocycles. The fraction of sp³-hybridized carbons (Fsp3) is 0.240. The molecule has 0 spiro atoms. The molecule has 0 amide bonds. The molecule has 0 aliphatic carbocycles. The van der Waals surface area contributed by atoms with Crippen molar-refractivity contribution in [3.05, 3.63) is 89.3 Å². The summed E-state index contributed by atoms with van der Waals surface area (Å²) in [4.78, 5) is 14.9. The van der Waals surface area contributed by atoms with Crippen LogP contribution in [-0.2, 0) is 9.53 Å². The number of nitrogens with zero attached hydrogens (tertiary/aromatic N) is 1. The second-order valence-electron chi connectivity index (χ2n) is 8.11. The maximum Gasteiger partial charge on any atom is 0.320 e. The minimum absolute atomic E-state index is 0.107. The molecular formula is C25H25NO2. The molecule has 1 atom stereocenters. The second-order valence-corrected chi connectivity index (χ2v) is 8.11. The van der Waals surface area contributed by atoms with Gasteiger partial charge in [-0.1, -0.05) is 66.8 Å². The van der Waals surface area contributed by atoms with Crippen LogP contribution in [0.4, 0.5) is 5.69 Å². The highest BCUT2D eigenvalue weighted by Crippen LogP contribution is 2.46. The van der Waals surface area contributed by atoms with Gasteiger partial charge in [-0.3, -0.25) is 4.79 Å². The summed E-state index contributed by atoms with van der Waals surface area (Å²) in [6.45, 7) is 7.87. The Labute approximate surface area is 166 Å². The number of esters is 1. The van der Waals surface area contributed by atoms with Crippen LogP contribution in [0.5, 0.6) is 0 Å². The first-order valence-electron chi connectivity index (χ1n) is 9.63. The van der Waals surface area contributed by atoms with E-state index in [1.807, 2.05) is 58.0 Å². The summed E-state index contributed by atoms with van der Waals surface area (Å²) in [7, 11) is 0. The highest BCUT2D eigenvalue weighted by Gasteiger charge is 2.49. The summed E-state index contributed by atoms with van der Waals surface area (Å²) >= 11 is 0. The molecular weight excluding hydrogens is 346 g/mol. The van der Waals surface area contributed by atoms with Crippen LogP contribution in [0.15, 0.2) is 78.2 Å². The Morgan fingerprint density at radius 1 is 1.00 bits per heavy atom. The quantitative estimate of drug-likeness (QED) is 0.624. The number of hydrogen-bond donors (Lipinski definition) is 0. The van der Waals surface area contributed by atoms with E-state index in [0.29, 0.717) is 5.88 Å². The number of allylic oxidation sites excluding steroid dienone is 3. The smallest absolute Gasteiger partial charge is 0.320 e. The minimum atomic E-state index is -0.654.